The van der Waals surface area contributed by atoms with Crippen molar-refractivity contribution in [2.75, 3.05) is 18.1 Å². The summed E-state index contributed by atoms with van der Waals surface area (Å²) in [5.41, 5.74) is 0. The topological polar surface area (TPSA) is 12.0 Å². The molecule has 0 bridgehead atoms. The highest BCUT2D eigenvalue weighted by atomic mass is 32.2. The highest BCUT2D eigenvalue weighted by Crippen LogP contribution is 2.11. The minimum Gasteiger partial charge on any atom is -0.313 e. The van der Waals surface area contributed by atoms with Gasteiger partial charge in [-0.15, -0.1) is 0 Å². The van der Waals surface area contributed by atoms with Crippen LogP contribution < -0.4 is 5.32 Å². The van der Waals surface area contributed by atoms with Crippen LogP contribution in [0.1, 0.15) is 59.3 Å². The first kappa shape index (κ1) is 15.3. The fourth-order valence-electron chi connectivity index (χ4n) is 1.79. The largest absolute Gasteiger partial charge is 0.313 e. The highest BCUT2D eigenvalue weighted by Gasteiger charge is 2.05. The van der Waals surface area contributed by atoms with Gasteiger partial charge in [-0.3, -0.25) is 0 Å². The lowest BCUT2D eigenvalue weighted by atomic mass is 10.1. The second-order valence-corrected chi connectivity index (χ2v) is 5.44. The molecular weight excluding hydrogens is 202 g/mol. The molecule has 0 saturated carbocycles. The van der Waals surface area contributed by atoms with E-state index < -0.39 is 0 Å². The van der Waals surface area contributed by atoms with Crippen LogP contribution in [0.3, 0.4) is 0 Å². The number of nitrogens with one attached hydrogen (secondary N) is 1. The maximum Gasteiger partial charge on any atom is 0.0158 e. The molecular formula is C13H29NS. The van der Waals surface area contributed by atoms with Gasteiger partial charge in [0.25, 0.3) is 0 Å². The van der Waals surface area contributed by atoms with Gasteiger partial charge in [-0.05, 0) is 18.7 Å². The van der Waals surface area contributed by atoms with E-state index in [4.69, 9.17) is 0 Å². The molecule has 0 aliphatic heterocycles. The van der Waals surface area contributed by atoms with Gasteiger partial charge in [0.1, 0.15) is 0 Å². The maximum absolute atomic E-state index is 3.59. The Bertz CT molecular complexity index is 117. The number of thioether (sulfide) groups is 1. The van der Waals surface area contributed by atoms with Gasteiger partial charge in [-0.1, -0.05) is 52.9 Å². The third kappa shape index (κ3) is 10.6. The zero-order valence-corrected chi connectivity index (χ0v) is 11.7. The van der Waals surface area contributed by atoms with Crippen molar-refractivity contribution in [1.29, 1.82) is 0 Å². The van der Waals surface area contributed by atoms with E-state index in [9.17, 15) is 0 Å². The Morgan fingerprint density at radius 3 is 2.33 bits per heavy atom. The number of rotatable bonds is 11. The minimum absolute atomic E-state index is 0.751. The van der Waals surface area contributed by atoms with Crippen LogP contribution in [0.25, 0.3) is 0 Å². The summed E-state index contributed by atoms with van der Waals surface area (Å²) in [6.07, 6.45) is 8.38. The standard InChI is InChI=1S/C13H29NS/c1-4-7-8-9-10-11-13(14-5-2)12-15-6-3/h13-14H,4-12H2,1-3H3. The van der Waals surface area contributed by atoms with E-state index in [0.29, 0.717) is 0 Å². The van der Waals surface area contributed by atoms with Crippen LogP contribution in [0, 0.1) is 0 Å². The van der Waals surface area contributed by atoms with Gasteiger partial charge < -0.3 is 5.32 Å². The second-order valence-electron chi connectivity index (χ2n) is 4.12. The third-order valence-corrected chi connectivity index (χ3v) is 3.72. The van der Waals surface area contributed by atoms with Crippen molar-refractivity contribution in [3.05, 3.63) is 0 Å². The molecule has 1 unspecified atom stereocenters. The van der Waals surface area contributed by atoms with Crippen molar-refractivity contribution < 1.29 is 0 Å². The molecule has 0 aliphatic carbocycles. The summed E-state index contributed by atoms with van der Waals surface area (Å²) in [5.74, 6) is 2.54. The van der Waals surface area contributed by atoms with E-state index in [1.54, 1.807) is 0 Å². The Hall–Kier alpha value is 0.310. The molecule has 0 aromatic heterocycles. The van der Waals surface area contributed by atoms with E-state index in [1.165, 1.54) is 50.0 Å². The van der Waals surface area contributed by atoms with Crippen LogP contribution in [0.4, 0.5) is 0 Å². The SMILES string of the molecule is CCCCCCCC(CSCC)NCC. The van der Waals surface area contributed by atoms with Crippen LogP contribution in [-0.2, 0) is 0 Å². The fourth-order valence-corrected chi connectivity index (χ4v) is 2.59. The zero-order valence-electron chi connectivity index (χ0n) is 10.8. The van der Waals surface area contributed by atoms with Gasteiger partial charge in [0.2, 0.25) is 0 Å². The summed E-state index contributed by atoms with van der Waals surface area (Å²) < 4.78 is 0. The Morgan fingerprint density at radius 2 is 1.73 bits per heavy atom. The van der Waals surface area contributed by atoms with Crippen molar-refractivity contribution in [3.63, 3.8) is 0 Å². The Balaban J connectivity index is 3.38. The van der Waals surface area contributed by atoms with Crippen molar-refractivity contribution in [2.45, 2.75) is 65.3 Å². The molecule has 15 heavy (non-hydrogen) atoms. The van der Waals surface area contributed by atoms with Gasteiger partial charge in [-0.2, -0.15) is 11.8 Å². The minimum atomic E-state index is 0.751. The smallest absolute Gasteiger partial charge is 0.0158 e. The Morgan fingerprint density at radius 1 is 1.00 bits per heavy atom. The maximum atomic E-state index is 3.59. The molecule has 1 N–H and O–H groups in total. The average molecular weight is 231 g/mol. The molecule has 2 heteroatoms. The monoisotopic (exact) mass is 231 g/mol. The fraction of sp³-hybridized carbons (Fsp3) is 1.00. The number of hydrogen-bond acceptors (Lipinski definition) is 2. The first-order valence-corrected chi connectivity index (χ1v) is 7.81. The van der Waals surface area contributed by atoms with Crippen molar-refractivity contribution in [3.8, 4) is 0 Å². The Kier molecular flexibility index (Phi) is 12.6. The molecule has 0 amide bonds. The summed E-state index contributed by atoms with van der Waals surface area (Å²) in [6.45, 7) is 7.85. The molecule has 0 radical (unpaired) electrons. The molecule has 0 saturated heterocycles. The molecule has 0 spiro atoms. The summed E-state index contributed by atoms with van der Waals surface area (Å²) >= 11 is 2.06. The van der Waals surface area contributed by atoms with E-state index in [2.05, 4.69) is 37.8 Å². The highest BCUT2D eigenvalue weighted by molar-refractivity contribution is 7.99. The van der Waals surface area contributed by atoms with E-state index in [-0.39, 0.29) is 0 Å². The molecule has 0 fully saturated rings. The van der Waals surface area contributed by atoms with Crippen molar-refractivity contribution in [2.24, 2.45) is 0 Å². The van der Waals surface area contributed by atoms with Gasteiger partial charge in [-0.25, -0.2) is 0 Å². The lowest BCUT2D eigenvalue weighted by Gasteiger charge is -2.16. The van der Waals surface area contributed by atoms with Crippen LogP contribution in [0.15, 0.2) is 0 Å². The summed E-state index contributed by atoms with van der Waals surface area (Å²) in [6, 6.07) is 0.751. The summed E-state index contributed by atoms with van der Waals surface area (Å²) in [4.78, 5) is 0. The van der Waals surface area contributed by atoms with Crippen molar-refractivity contribution >= 4 is 11.8 Å². The number of unbranched alkanes of at least 4 members (excludes halogenated alkanes) is 4. The zero-order chi connectivity index (χ0) is 11.4. The van der Waals surface area contributed by atoms with Crippen LogP contribution in [-0.4, -0.2) is 24.1 Å². The van der Waals surface area contributed by atoms with E-state index in [0.717, 1.165) is 12.6 Å². The van der Waals surface area contributed by atoms with Crippen LogP contribution in [0.2, 0.25) is 0 Å². The van der Waals surface area contributed by atoms with Gasteiger partial charge >= 0.3 is 0 Å². The van der Waals surface area contributed by atoms with Gasteiger partial charge in [0.15, 0.2) is 0 Å². The summed E-state index contributed by atoms with van der Waals surface area (Å²) in [5, 5.41) is 3.59. The molecule has 0 aromatic rings. The molecule has 92 valence electrons. The molecule has 0 rings (SSSR count). The van der Waals surface area contributed by atoms with Gasteiger partial charge in [0, 0.05) is 11.8 Å². The van der Waals surface area contributed by atoms with E-state index in [1.807, 2.05) is 0 Å². The predicted molar refractivity (Wildman–Crippen MR) is 73.8 cm³/mol. The molecule has 0 heterocycles. The molecule has 1 atom stereocenters. The lowest BCUT2D eigenvalue weighted by molar-refractivity contribution is 0.496. The molecule has 0 aromatic carbocycles. The average Bonchev–Trinajstić information content (AvgIpc) is 2.25. The van der Waals surface area contributed by atoms with Crippen LogP contribution >= 0.6 is 11.8 Å². The third-order valence-electron chi connectivity index (χ3n) is 2.67. The van der Waals surface area contributed by atoms with E-state index >= 15 is 0 Å². The second kappa shape index (κ2) is 12.4. The molecule has 0 aliphatic rings. The molecule has 1 nitrogen and oxygen atoms in total. The lowest BCUT2D eigenvalue weighted by Crippen LogP contribution is -2.31. The first-order valence-electron chi connectivity index (χ1n) is 6.66. The summed E-state index contributed by atoms with van der Waals surface area (Å²) in [7, 11) is 0. The predicted octanol–water partition coefficient (Wildman–Crippen LogP) is 4.08. The Labute approximate surface area is 101 Å². The normalized spacial score (nSPS) is 13.0. The van der Waals surface area contributed by atoms with Gasteiger partial charge in [0.05, 0.1) is 0 Å². The van der Waals surface area contributed by atoms with Crippen molar-refractivity contribution in [1.82, 2.24) is 5.32 Å². The quantitative estimate of drug-likeness (QED) is 0.538. The van der Waals surface area contributed by atoms with Crippen LogP contribution in [0.5, 0.6) is 0 Å². The first-order chi connectivity index (χ1) is 7.35. The number of hydrogen-bond donors (Lipinski definition) is 1.